The topological polar surface area (TPSA) is 165 Å². The fourth-order valence-corrected chi connectivity index (χ4v) is 3.86. The van der Waals surface area contributed by atoms with E-state index in [9.17, 15) is 32.9 Å². The van der Waals surface area contributed by atoms with Crippen molar-refractivity contribution in [2.24, 2.45) is 0 Å². The molecular formula is C21H24N4O8S. The van der Waals surface area contributed by atoms with Crippen LogP contribution in [-0.2, 0) is 24.3 Å². The molecule has 0 aliphatic heterocycles. The zero-order chi connectivity index (χ0) is 25.6. The number of amides is 2. The Hall–Kier alpha value is -3.84. The molecule has 0 spiro atoms. The summed E-state index contributed by atoms with van der Waals surface area (Å²) < 4.78 is 30.7. The molecule has 0 aliphatic rings. The molecule has 2 aromatic carbocycles. The van der Waals surface area contributed by atoms with Crippen LogP contribution in [0.1, 0.15) is 22.8 Å². The molecule has 0 unspecified atom stereocenters. The SMILES string of the molecule is Cc1ccc(NC(=O)COC(=O)[C@H](C)NC(=O)c2cccc([N+](=O)[O-])c2)cc1S(=O)(=O)N(C)C. The molecule has 13 heteroatoms. The molecule has 0 aromatic heterocycles. The quantitative estimate of drug-likeness (QED) is 0.302. The van der Waals surface area contributed by atoms with Gasteiger partial charge in [-0.15, -0.1) is 0 Å². The highest BCUT2D eigenvalue weighted by atomic mass is 32.2. The van der Waals surface area contributed by atoms with E-state index >= 15 is 0 Å². The summed E-state index contributed by atoms with van der Waals surface area (Å²) in [6.07, 6.45) is 0. The van der Waals surface area contributed by atoms with Gasteiger partial charge in [-0.05, 0) is 37.6 Å². The summed E-state index contributed by atoms with van der Waals surface area (Å²) in [7, 11) is -0.951. The molecule has 182 valence electrons. The van der Waals surface area contributed by atoms with E-state index in [0.29, 0.717) is 5.56 Å². The molecule has 0 aliphatic carbocycles. The molecule has 2 N–H and O–H groups in total. The highest BCUT2D eigenvalue weighted by Gasteiger charge is 2.22. The number of aryl methyl sites for hydroxylation is 1. The fourth-order valence-electron chi connectivity index (χ4n) is 2.71. The summed E-state index contributed by atoms with van der Waals surface area (Å²) in [5.41, 5.74) is 0.386. The number of nitrogens with zero attached hydrogens (tertiary/aromatic N) is 2. The number of nitro benzene ring substituents is 1. The molecule has 0 heterocycles. The van der Waals surface area contributed by atoms with Crippen molar-refractivity contribution in [2.75, 3.05) is 26.0 Å². The largest absolute Gasteiger partial charge is 0.454 e. The molecule has 0 bridgehead atoms. The number of hydrogen-bond donors (Lipinski definition) is 2. The smallest absolute Gasteiger partial charge is 0.328 e. The normalized spacial score (nSPS) is 12.0. The first-order valence-electron chi connectivity index (χ1n) is 9.88. The zero-order valence-electron chi connectivity index (χ0n) is 18.9. The van der Waals surface area contributed by atoms with Gasteiger partial charge in [0.15, 0.2) is 6.61 Å². The zero-order valence-corrected chi connectivity index (χ0v) is 19.7. The van der Waals surface area contributed by atoms with Crippen LogP contribution >= 0.6 is 0 Å². The number of non-ortho nitro benzene ring substituents is 1. The van der Waals surface area contributed by atoms with Crippen LogP contribution in [-0.4, -0.2) is 62.2 Å². The number of sulfonamides is 1. The fraction of sp³-hybridized carbons (Fsp3) is 0.286. The monoisotopic (exact) mass is 492 g/mol. The van der Waals surface area contributed by atoms with Gasteiger partial charge in [-0.25, -0.2) is 17.5 Å². The number of benzene rings is 2. The summed E-state index contributed by atoms with van der Waals surface area (Å²) in [5.74, 6) is -2.36. The average Bonchev–Trinajstić information content (AvgIpc) is 2.78. The van der Waals surface area contributed by atoms with Crippen molar-refractivity contribution in [1.82, 2.24) is 9.62 Å². The number of ether oxygens (including phenoxy) is 1. The van der Waals surface area contributed by atoms with E-state index in [-0.39, 0.29) is 21.8 Å². The number of hydrogen-bond acceptors (Lipinski definition) is 8. The Bertz CT molecular complexity index is 1230. The summed E-state index contributed by atoms with van der Waals surface area (Å²) in [6.45, 7) is 2.26. The summed E-state index contributed by atoms with van der Waals surface area (Å²) in [5, 5.41) is 15.6. The van der Waals surface area contributed by atoms with Crippen LogP contribution in [0.25, 0.3) is 0 Å². The van der Waals surface area contributed by atoms with E-state index in [0.717, 1.165) is 10.4 Å². The highest BCUT2D eigenvalue weighted by Crippen LogP contribution is 2.22. The minimum Gasteiger partial charge on any atom is -0.454 e. The van der Waals surface area contributed by atoms with Gasteiger partial charge in [0.2, 0.25) is 10.0 Å². The third-order valence-corrected chi connectivity index (χ3v) is 6.55. The molecule has 2 rings (SSSR count). The first-order chi connectivity index (χ1) is 15.8. The third-order valence-electron chi connectivity index (χ3n) is 4.60. The second-order valence-corrected chi connectivity index (χ2v) is 9.55. The molecule has 2 amide bonds. The van der Waals surface area contributed by atoms with Crippen LogP contribution in [0.5, 0.6) is 0 Å². The molecule has 34 heavy (non-hydrogen) atoms. The number of anilines is 1. The number of nitrogens with one attached hydrogen (secondary N) is 2. The molecule has 0 radical (unpaired) electrons. The van der Waals surface area contributed by atoms with Crippen LogP contribution in [0.4, 0.5) is 11.4 Å². The standard InChI is InChI=1S/C21H24N4O8S/c1-13-8-9-16(11-18(13)34(31,32)24(3)4)23-19(26)12-33-21(28)14(2)22-20(27)15-6-5-7-17(10-15)25(29)30/h5-11,14H,12H2,1-4H3,(H,22,27)(H,23,26)/t14-/m0/s1. The molecule has 1 atom stereocenters. The second-order valence-electron chi connectivity index (χ2n) is 7.43. The lowest BCUT2D eigenvalue weighted by atomic mass is 10.2. The lowest BCUT2D eigenvalue weighted by Crippen LogP contribution is -2.40. The number of nitro groups is 1. The predicted molar refractivity (Wildman–Crippen MR) is 122 cm³/mol. The molecule has 2 aromatic rings. The highest BCUT2D eigenvalue weighted by molar-refractivity contribution is 7.89. The molecule has 0 saturated heterocycles. The second kappa shape index (κ2) is 10.9. The first-order valence-corrected chi connectivity index (χ1v) is 11.3. The van der Waals surface area contributed by atoms with E-state index in [1.54, 1.807) is 6.92 Å². The summed E-state index contributed by atoms with van der Waals surface area (Å²) >= 11 is 0. The van der Waals surface area contributed by atoms with Crippen molar-refractivity contribution >= 4 is 39.2 Å². The molecule has 0 saturated carbocycles. The number of carbonyl (C=O) groups is 3. The van der Waals surface area contributed by atoms with Crippen molar-refractivity contribution in [3.63, 3.8) is 0 Å². The van der Waals surface area contributed by atoms with E-state index in [1.807, 2.05) is 0 Å². The summed E-state index contributed by atoms with van der Waals surface area (Å²) in [6, 6.07) is 8.16. The third kappa shape index (κ3) is 6.59. The van der Waals surface area contributed by atoms with Crippen LogP contribution in [0.2, 0.25) is 0 Å². The Kier molecular flexibility index (Phi) is 8.43. The van der Waals surface area contributed by atoms with E-state index in [2.05, 4.69) is 10.6 Å². The lowest BCUT2D eigenvalue weighted by molar-refractivity contribution is -0.384. The van der Waals surface area contributed by atoms with Gasteiger partial charge >= 0.3 is 5.97 Å². The molecule has 0 fully saturated rings. The first kappa shape index (κ1) is 26.4. The molecule has 12 nitrogen and oxygen atoms in total. The maximum atomic E-state index is 12.4. The van der Waals surface area contributed by atoms with E-state index in [4.69, 9.17) is 4.74 Å². The van der Waals surface area contributed by atoms with E-state index < -0.39 is 45.4 Å². The van der Waals surface area contributed by atoms with Crippen molar-refractivity contribution < 1.29 is 32.5 Å². The minimum atomic E-state index is -3.73. The number of carbonyl (C=O) groups excluding carboxylic acids is 3. The Labute approximate surface area is 196 Å². The van der Waals surface area contributed by atoms with Crippen molar-refractivity contribution in [3.05, 3.63) is 63.7 Å². The van der Waals surface area contributed by atoms with Gasteiger partial charge in [0.05, 0.1) is 9.82 Å². The van der Waals surface area contributed by atoms with Gasteiger partial charge < -0.3 is 15.4 Å². The van der Waals surface area contributed by atoms with Gasteiger partial charge in [0.25, 0.3) is 17.5 Å². The Balaban J connectivity index is 1.95. The van der Waals surface area contributed by atoms with Crippen LogP contribution in [0.3, 0.4) is 0 Å². The van der Waals surface area contributed by atoms with Gasteiger partial charge in [0.1, 0.15) is 6.04 Å². The lowest BCUT2D eigenvalue weighted by Gasteiger charge is -2.15. The maximum absolute atomic E-state index is 12.4. The van der Waals surface area contributed by atoms with Crippen LogP contribution in [0.15, 0.2) is 47.4 Å². The number of esters is 1. The van der Waals surface area contributed by atoms with Gasteiger partial charge in [0, 0.05) is 37.5 Å². The van der Waals surface area contributed by atoms with Crippen molar-refractivity contribution in [2.45, 2.75) is 24.8 Å². The Morgan fingerprint density at radius 2 is 1.82 bits per heavy atom. The predicted octanol–water partition coefficient (Wildman–Crippen LogP) is 1.45. The van der Waals surface area contributed by atoms with Crippen LogP contribution in [0, 0.1) is 17.0 Å². The molecular weight excluding hydrogens is 468 g/mol. The van der Waals surface area contributed by atoms with E-state index in [1.165, 1.54) is 57.4 Å². The summed E-state index contributed by atoms with van der Waals surface area (Å²) in [4.78, 5) is 46.7. The minimum absolute atomic E-state index is 0.0183. The van der Waals surface area contributed by atoms with Gasteiger partial charge in [-0.1, -0.05) is 12.1 Å². The average molecular weight is 493 g/mol. The van der Waals surface area contributed by atoms with Gasteiger partial charge in [-0.2, -0.15) is 0 Å². The van der Waals surface area contributed by atoms with Crippen molar-refractivity contribution in [3.8, 4) is 0 Å². The van der Waals surface area contributed by atoms with Crippen LogP contribution < -0.4 is 10.6 Å². The van der Waals surface area contributed by atoms with Gasteiger partial charge in [-0.3, -0.25) is 19.7 Å². The van der Waals surface area contributed by atoms with Crippen molar-refractivity contribution in [1.29, 1.82) is 0 Å². The Morgan fingerprint density at radius 1 is 1.15 bits per heavy atom. The maximum Gasteiger partial charge on any atom is 0.328 e. The number of rotatable bonds is 9. The Morgan fingerprint density at radius 3 is 2.44 bits per heavy atom.